The molecular formula is C23H19ClN4S. The molecule has 0 aliphatic carbocycles. The minimum Gasteiger partial charge on any atom is -0.332 e. The van der Waals surface area contributed by atoms with Crippen molar-refractivity contribution in [3.05, 3.63) is 83.1 Å². The van der Waals surface area contributed by atoms with Gasteiger partial charge in [-0.1, -0.05) is 41.9 Å². The summed E-state index contributed by atoms with van der Waals surface area (Å²) in [5.41, 5.74) is 6.71. The summed E-state index contributed by atoms with van der Waals surface area (Å²) in [6.07, 6.45) is 1.60. The third-order valence-corrected chi connectivity index (χ3v) is 5.18. The number of hydrogen-bond donors (Lipinski definition) is 2. The number of nitrogens with one attached hydrogen (secondary N) is 2. The second-order valence-electron chi connectivity index (χ2n) is 6.83. The van der Waals surface area contributed by atoms with Gasteiger partial charge in [-0.05, 0) is 67.5 Å². The predicted molar refractivity (Wildman–Crippen MR) is 126 cm³/mol. The van der Waals surface area contributed by atoms with Crippen molar-refractivity contribution in [3.8, 4) is 11.3 Å². The van der Waals surface area contributed by atoms with Crippen LogP contribution < -0.4 is 10.6 Å². The van der Waals surface area contributed by atoms with Crippen LogP contribution in [-0.2, 0) is 0 Å². The highest BCUT2D eigenvalue weighted by molar-refractivity contribution is 7.80. The Morgan fingerprint density at radius 1 is 0.931 bits per heavy atom. The fourth-order valence-corrected chi connectivity index (χ4v) is 3.69. The van der Waals surface area contributed by atoms with Crippen LogP contribution in [0.4, 0.5) is 11.4 Å². The van der Waals surface area contributed by atoms with Crippen molar-refractivity contribution >= 4 is 51.2 Å². The maximum absolute atomic E-state index is 6.29. The van der Waals surface area contributed by atoms with Gasteiger partial charge in [0.05, 0.1) is 21.9 Å². The van der Waals surface area contributed by atoms with Crippen LogP contribution in [-0.4, -0.2) is 15.1 Å². The average molecular weight is 419 g/mol. The number of aromatic nitrogens is 2. The van der Waals surface area contributed by atoms with Crippen LogP contribution in [0.1, 0.15) is 11.1 Å². The lowest BCUT2D eigenvalue weighted by Gasteiger charge is -2.14. The minimum absolute atomic E-state index is 0.470. The van der Waals surface area contributed by atoms with Crippen LogP contribution in [0.5, 0.6) is 0 Å². The van der Waals surface area contributed by atoms with E-state index in [0.717, 1.165) is 44.7 Å². The maximum Gasteiger partial charge on any atom is 0.175 e. The number of fused-ring (bicyclic) bond motifs is 1. The highest BCUT2D eigenvalue weighted by atomic mass is 35.5. The third kappa shape index (κ3) is 4.21. The van der Waals surface area contributed by atoms with Crippen LogP contribution in [0.15, 0.2) is 67.0 Å². The van der Waals surface area contributed by atoms with E-state index in [-0.39, 0.29) is 0 Å². The van der Waals surface area contributed by atoms with E-state index in [1.165, 1.54) is 0 Å². The van der Waals surface area contributed by atoms with Crippen molar-refractivity contribution in [1.82, 2.24) is 9.97 Å². The summed E-state index contributed by atoms with van der Waals surface area (Å²) >= 11 is 11.8. The van der Waals surface area contributed by atoms with Gasteiger partial charge in [0.15, 0.2) is 5.11 Å². The maximum atomic E-state index is 6.29. The summed E-state index contributed by atoms with van der Waals surface area (Å²) in [5.74, 6) is 0. The van der Waals surface area contributed by atoms with Gasteiger partial charge in [-0.3, -0.25) is 0 Å². The smallest absolute Gasteiger partial charge is 0.175 e. The van der Waals surface area contributed by atoms with Crippen LogP contribution in [0.2, 0.25) is 5.02 Å². The molecule has 144 valence electrons. The fourth-order valence-electron chi connectivity index (χ4n) is 3.18. The van der Waals surface area contributed by atoms with Gasteiger partial charge in [0.1, 0.15) is 6.33 Å². The molecule has 0 amide bonds. The predicted octanol–water partition coefficient (Wildman–Crippen LogP) is 6.38. The molecule has 4 nitrogen and oxygen atoms in total. The van der Waals surface area contributed by atoms with E-state index in [0.29, 0.717) is 10.1 Å². The summed E-state index contributed by atoms with van der Waals surface area (Å²) in [6, 6.07) is 19.9. The molecule has 0 bridgehead atoms. The Hall–Kier alpha value is -3.02. The minimum atomic E-state index is 0.470. The average Bonchev–Trinajstić information content (AvgIpc) is 2.71. The molecule has 0 saturated heterocycles. The summed E-state index contributed by atoms with van der Waals surface area (Å²) < 4.78 is 0. The van der Waals surface area contributed by atoms with Gasteiger partial charge in [-0.2, -0.15) is 0 Å². The Morgan fingerprint density at radius 3 is 2.59 bits per heavy atom. The molecular weight excluding hydrogens is 400 g/mol. The van der Waals surface area contributed by atoms with Crippen molar-refractivity contribution in [2.24, 2.45) is 0 Å². The van der Waals surface area contributed by atoms with Gasteiger partial charge >= 0.3 is 0 Å². The fraction of sp³-hybridized carbons (Fsp3) is 0.0870. The number of rotatable bonds is 3. The van der Waals surface area contributed by atoms with E-state index < -0.39 is 0 Å². The van der Waals surface area contributed by atoms with E-state index in [9.17, 15) is 0 Å². The lowest BCUT2D eigenvalue weighted by atomic mass is 10.0. The molecule has 0 spiro atoms. The number of halogens is 1. The second kappa shape index (κ2) is 8.15. The summed E-state index contributed by atoms with van der Waals surface area (Å²) in [6.45, 7) is 4.07. The van der Waals surface area contributed by atoms with Gasteiger partial charge < -0.3 is 10.6 Å². The first kappa shape index (κ1) is 19.3. The Balaban J connectivity index is 1.62. The lowest BCUT2D eigenvalue weighted by molar-refractivity contribution is 1.22. The zero-order chi connectivity index (χ0) is 20.4. The molecule has 3 aromatic carbocycles. The van der Waals surface area contributed by atoms with E-state index in [1.807, 2.05) is 55.5 Å². The monoisotopic (exact) mass is 418 g/mol. The van der Waals surface area contributed by atoms with Gasteiger partial charge in [0, 0.05) is 16.6 Å². The second-order valence-corrected chi connectivity index (χ2v) is 7.65. The molecule has 0 fully saturated rings. The van der Waals surface area contributed by atoms with E-state index >= 15 is 0 Å². The Labute approximate surface area is 180 Å². The number of aryl methyl sites for hydroxylation is 2. The molecule has 0 radical (unpaired) electrons. The Morgan fingerprint density at radius 2 is 1.76 bits per heavy atom. The normalized spacial score (nSPS) is 10.7. The molecule has 0 aliphatic heterocycles. The molecule has 4 aromatic rings. The van der Waals surface area contributed by atoms with Crippen molar-refractivity contribution in [2.75, 3.05) is 10.6 Å². The molecule has 6 heteroatoms. The first-order valence-electron chi connectivity index (χ1n) is 9.16. The number of nitrogens with zero attached hydrogens (tertiary/aromatic N) is 2. The lowest BCUT2D eigenvalue weighted by Crippen LogP contribution is -2.19. The highest BCUT2D eigenvalue weighted by Gasteiger charge is 2.11. The number of thiocarbonyl (C=S) groups is 1. The summed E-state index contributed by atoms with van der Waals surface area (Å²) in [5, 5.41) is 8.51. The Kier molecular flexibility index (Phi) is 5.43. The number of hydrogen-bond acceptors (Lipinski definition) is 3. The van der Waals surface area contributed by atoms with E-state index in [1.54, 1.807) is 6.33 Å². The van der Waals surface area contributed by atoms with Crippen molar-refractivity contribution in [1.29, 1.82) is 0 Å². The topological polar surface area (TPSA) is 49.8 Å². The molecule has 0 unspecified atom stereocenters. The quantitative estimate of drug-likeness (QED) is 0.378. The molecule has 4 rings (SSSR count). The summed E-state index contributed by atoms with van der Waals surface area (Å²) in [4.78, 5) is 8.90. The van der Waals surface area contributed by atoms with E-state index in [4.69, 9.17) is 23.8 Å². The van der Waals surface area contributed by atoms with Crippen LogP contribution in [0.3, 0.4) is 0 Å². The Bertz CT molecular complexity index is 1220. The van der Waals surface area contributed by atoms with Crippen molar-refractivity contribution in [2.45, 2.75) is 13.8 Å². The SMILES string of the molecule is Cc1ccc(NC(=S)Nc2ccc(C)c(-c3ncnc4ccccc34)c2)c(Cl)c1. The zero-order valence-electron chi connectivity index (χ0n) is 16.0. The summed E-state index contributed by atoms with van der Waals surface area (Å²) in [7, 11) is 0. The highest BCUT2D eigenvalue weighted by Crippen LogP contribution is 2.30. The molecule has 29 heavy (non-hydrogen) atoms. The molecule has 1 heterocycles. The van der Waals surface area contributed by atoms with Gasteiger partial charge in [-0.25, -0.2) is 9.97 Å². The molecule has 0 atom stereocenters. The van der Waals surface area contributed by atoms with Crippen molar-refractivity contribution < 1.29 is 0 Å². The standard InChI is InChI=1S/C23H19ClN4S/c1-14-7-10-21(19(24)11-14)28-23(29)27-16-9-8-15(2)18(12-16)22-17-5-3-4-6-20(17)25-13-26-22/h3-13H,1-2H3,(H2,27,28,29). The molecule has 1 aromatic heterocycles. The number of benzene rings is 3. The van der Waals surface area contributed by atoms with Gasteiger partial charge in [0.25, 0.3) is 0 Å². The third-order valence-electron chi connectivity index (χ3n) is 4.67. The molecule has 0 saturated carbocycles. The largest absolute Gasteiger partial charge is 0.332 e. The molecule has 0 aliphatic rings. The van der Waals surface area contributed by atoms with Crippen molar-refractivity contribution in [3.63, 3.8) is 0 Å². The number of anilines is 2. The number of para-hydroxylation sites is 1. The first-order valence-corrected chi connectivity index (χ1v) is 9.95. The van der Waals surface area contributed by atoms with Crippen LogP contribution in [0.25, 0.3) is 22.2 Å². The van der Waals surface area contributed by atoms with Crippen LogP contribution in [0, 0.1) is 13.8 Å². The van der Waals surface area contributed by atoms with Gasteiger partial charge in [0.2, 0.25) is 0 Å². The van der Waals surface area contributed by atoms with Crippen LogP contribution >= 0.6 is 23.8 Å². The zero-order valence-corrected chi connectivity index (χ0v) is 17.6. The molecule has 2 N–H and O–H groups in total. The van der Waals surface area contributed by atoms with E-state index in [2.05, 4.69) is 39.7 Å². The first-order chi connectivity index (χ1) is 14.0. The van der Waals surface area contributed by atoms with Gasteiger partial charge in [-0.15, -0.1) is 0 Å².